The first kappa shape index (κ1) is 32.3. The van der Waals surface area contributed by atoms with Crippen LogP contribution in [0.3, 0.4) is 0 Å². The Bertz CT molecular complexity index is 1640. The van der Waals surface area contributed by atoms with Gasteiger partial charge in [0.2, 0.25) is 0 Å². The summed E-state index contributed by atoms with van der Waals surface area (Å²) in [7, 11) is 0. The van der Waals surface area contributed by atoms with Crippen molar-refractivity contribution in [2.45, 2.75) is 119 Å². The molecule has 3 aromatic rings. The topological polar surface area (TPSA) is 0 Å². The maximum absolute atomic E-state index is 2.56. The maximum atomic E-state index is 2.56. The Balaban J connectivity index is 1.66. The van der Waals surface area contributed by atoms with Crippen LogP contribution < -0.4 is 0 Å². The molecule has 0 aromatic heterocycles. The van der Waals surface area contributed by atoms with Crippen molar-refractivity contribution < 1.29 is 0 Å². The van der Waals surface area contributed by atoms with Gasteiger partial charge in [0.25, 0.3) is 0 Å². The predicted octanol–water partition coefficient (Wildman–Crippen LogP) is 13.0. The van der Waals surface area contributed by atoms with Crippen molar-refractivity contribution in [3.63, 3.8) is 0 Å². The monoisotopic (exact) mass is 584 g/mol. The Labute approximate surface area is 269 Å². The number of hydrogen-bond donors (Lipinski definition) is 0. The van der Waals surface area contributed by atoms with Crippen molar-refractivity contribution in [1.82, 2.24) is 0 Å². The van der Waals surface area contributed by atoms with Gasteiger partial charge in [-0.2, -0.15) is 0 Å². The number of benzene rings is 3. The predicted molar refractivity (Wildman–Crippen MR) is 195 cm³/mol. The lowest BCUT2D eigenvalue weighted by Gasteiger charge is -2.25. The standard InChI is InChI=1S/C44H56/c1-10-13-15-32-17-22-38-33(25-32)19-23-40-39(38)21-16-30(5)37(12-3)43(40)42-28-36(44(7,8)9)20-18-34(42)26-35-27-41(35)31(6)24-29(4)14-11-2/h16-25,28,30,35H,10-15,26-27H2,1-9H3. The van der Waals surface area contributed by atoms with E-state index in [1.807, 2.05) is 0 Å². The van der Waals surface area contributed by atoms with Crippen LogP contribution >= 0.6 is 0 Å². The maximum Gasteiger partial charge on any atom is -0.00390 e. The molecule has 0 spiro atoms. The summed E-state index contributed by atoms with van der Waals surface area (Å²) in [4.78, 5) is 0. The third-order valence-corrected chi connectivity index (χ3v) is 10.1. The summed E-state index contributed by atoms with van der Waals surface area (Å²) < 4.78 is 0. The van der Waals surface area contributed by atoms with Crippen molar-refractivity contribution in [2.24, 2.45) is 11.8 Å². The molecule has 0 heteroatoms. The van der Waals surface area contributed by atoms with Gasteiger partial charge in [0, 0.05) is 0 Å². The van der Waals surface area contributed by atoms with E-state index in [9.17, 15) is 0 Å². The van der Waals surface area contributed by atoms with Crippen LogP contribution in [0.4, 0.5) is 0 Å². The lowest BCUT2D eigenvalue weighted by atomic mass is 9.79. The van der Waals surface area contributed by atoms with Gasteiger partial charge < -0.3 is 0 Å². The van der Waals surface area contributed by atoms with E-state index in [0.29, 0.717) is 11.8 Å². The van der Waals surface area contributed by atoms with Crippen molar-refractivity contribution >= 4 is 22.4 Å². The minimum Gasteiger partial charge on any atom is -0.0770 e. The first-order valence-electron chi connectivity index (χ1n) is 17.5. The molecule has 0 N–H and O–H groups in total. The molecule has 1 fully saturated rings. The second-order valence-electron chi connectivity index (χ2n) is 14.8. The van der Waals surface area contributed by atoms with E-state index in [1.54, 1.807) is 11.1 Å². The molecule has 1 saturated carbocycles. The van der Waals surface area contributed by atoms with E-state index in [-0.39, 0.29) is 5.41 Å². The van der Waals surface area contributed by atoms with Gasteiger partial charge in [-0.05, 0) is 119 Å². The molecule has 0 aliphatic heterocycles. The van der Waals surface area contributed by atoms with Gasteiger partial charge in [-0.3, -0.25) is 0 Å². The Morgan fingerprint density at radius 3 is 2.41 bits per heavy atom. The van der Waals surface area contributed by atoms with E-state index >= 15 is 0 Å². The van der Waals surface area contributed by atoms with Crippen LogP contribution in [0.2, 0.25) is 0 Å². The molecule has 44 heavy (non-hydrogen) atoms. The average molecular weight is 585 g/mol. The van der Waals surface area contributed by atoms with E-state index in [0.717, 1.165) is 19.3 Å². The zero-order valence-electron chi connectivity index (χ0n) is 29.2. The molecule has 2 aliphatic rings. The Morgan fingerprint density at radius 2 is 1.70 bits per heavy atom. The van der Waals surface area contributed by atoms with Crippen molar-refractivity contribution in [3.05, 3.63) is 116 Å². The van der Waals surface area contributed by atoms with E-state index in [2.05, 4.69) is 129 Å². The zero-order chi connectivity index (χ0) is 31.6. The van der Waals surface area contributed by atoms with Crippen LogP contribution in [0.1, 0.15) is 134 Å². The quantitative estimate of drug-likeness (QED) is 0.222. The zero-order valence-corrected chi connectivity index (χ0v) is 29.2. The van der Waals surface area contributed by atoms with E-state index in [1.165, 1.54) is 93.0 Å². The molecule has 0 amide bonds. The summed E-state index contributed by atoms with van der Waals surface area (Å²) >= 11 is 0. The minimum atomic E-state index is 0.0960. The van der Waals surface area contributed by atoms with Gasteiger partial charge >= 0.3 is 0 Å². The van der Waals surface area contributed by atoms with Crippen LogP contribution in [0.15, 0.2) is 83.0 Å². The Morgan fingerprint density at radius 1 is 0.909 bits per heavy atom. The second kappa shape index (κ2) is 13.5. The summed E-state index contributed by atoms with van der Waals surface area (Å²) in [5, 5.41) is 2.75. The Kier molecular flexibility index (Phi) is 9.89. The summed E-state index contributed by atoms with van der Waals surface area (Å²) in [6, 6.07) is 19.5. The van der Waals surface area contributed by atoms with Crippen molar-refractivity contribution in [1.29, 1.82) is 0 Å². The molecule has 2 atom stereocenters. The molecule has 5 rings (SSSR count). The van der Waals surface area contributed by atoms with Gasteiger partial charge in [0.05, 0.1) is 0 Å². The average Bonchev–Trinajstić information content (AvgIpc) is 3.78. The lowest BCUT2D eigenvalue weighted by Crippen LogP contribution is -2.13. The molecular formula is C44H56. The van der Waals surface area contributed by atoms with Gasteiger partial charge in [-0.1, -0.05) is 150 Å². The third kappa shape index (κ3) is 6.91. The van der Waals surface area contributed by atoms with Crippen LogP contribution in [0.25, 0.3) is 22.4 Å². The normalized spacial score (nSPS) is 19.8. The summed E-state index contributed by atoms with van der Waals surface area (Å²) in [6.45, 7) is 21.0. The first-order chi connectivity index (χ1) is 21.0. The van der Waals surface area contributed by atoms with Gasteiger partial charge in [-0.25, -0.2) is 0 Å². The van der Waals surface area contributed by atoms with Gasteiger partial charge in [0.15, 0.2) is 0 Å². The summed E-state index contributed by atoms with van der Waals surface area (Å²) in [5.41, 5.74) is 16.5. The number of fused-ring (bicyclic) bond motifs is 3. The number of unbranched alkanes of at least 4 members (excludes halogenated alkanes) is 1. The summed E-state index contributed by atoms with van der Waals surface area (Å²) in [6.07, 6.45) is 16.8. The van der Waals surface area contributed by atoms with Crippen molar-refractivity contribution in [3.8, 4) is 0 Å². The fraction of sp³-hybridized carbons (Fsp3) is 0.455. The smallest absolute Gasteiger partial charge is 0.00390 e. The molecule has 3 aromatic carbocycles. The fourth-order valence-electron chi connectivity index (χ4n) is 7.44. The molecule has 0 saturated heterocycles. The number of aryl methyl sites for hydroxylation is 1. The molecule has 232 valence electrons. The molecule has 0 radical (unpaired) electrons. The highest BCUT2D eigenvalue weighted by atomic mass is 14.4. The van der Waals surface area contributed by atoms with Gasteiger partial charge in [0.1, 0.15) is 0 Å². The van der Waals surface area contributed by atoms with Crippen LogP contribution in [-0.2, 0) is 18.3 Å². The molecule has 0 heterocycles. The molecular weight excluding hydrogens is 528 g/mol. The molecule has 0 bridgehead atoms. The third-order valence-electron chi connectivity index (χ3n) is 10.1. The first-order valence-corrected chi connectivity index (χ1v) is 17.5. The SMILES string of the molecule is CCCCc1ccc2c3c(ccc2c1)C(c1cc(C(C)(C)C)ccc1CC1CC1=C(C)C=C(C)CCC)=C(CC)C(C)C=C3. The molecule has 2 unspecified atom stereocenters. The highest BCUT2D eigenvalue weighted by Gasteiger charge is 2.33. The molecule has 2 aliphatic carbocycles. The largest absolute Gasteiger partial charge is 0.0770 e. The van der Waals surface area contributed by atoms with Crippen LogP contribution in [0.5, 0.6) is 0 Å². The highest BCUT2D eigenvalue weighted by molar-refractivity contribution is 6.00. The lowest BCUT2D eigenvalue weighted by molar-refractivity contribution is 0.589. The Hall–Kier alpha value is -3.12. The summed E-state index contributed by atoms with van der Waals surface area (Å²) in [5.74, 6) is 1.06. The number of allylic oxidation sites excluding steroid dienone is 6. The second-order valence-corrected chi connectivity index (χ2v) is 14.8. The number of hydrogen-bond acceptors (Lipinski definition) is 0. The van der Waals surface area contributed by atoms with Crippen molar-refractivity contribution in [2.75, 3.05) is 0 Å². The van der Waals surface area contributed by atoms with E-state index < -0.39 is 0 Å². The highest BCUT2D eigenvalue weighted by Crippen LogP contribution is 2.47. The van der Waals surface area contributed by atoms with Gasteiger partial charge in [-0.15, -0.1) is 0 Å². The van der Waals surface area contributed by atoms with Crippen LogP contribution in [-0.4, -0.2) is 0 Å². The number of rotatable bonds is 10. The fourth-order valence-corrected chi connectivity index (χ4v) is 7.44. The molecule has 0 nitrogen and oxygen atoms in total. The van der Waals surface area contributed by atoms with E-state index in [4.69, 9.17) is 0 Å². The minimum absolute atomic E-state index is 0.0960. The van der Waals surface area contributed by atoms with Crippen LogP contribution in [0, 0.1) is 11.8 Å².